The van der Waals surface area contributed by atoms with Gasteiger partial charge in [0.05, 0.1) is 6.54 Å². The number of phenols is 1. The Balaban J connectivity index is 1.19. The number of hydrogen-bond acceptors (Lipinski definition) is 7. The molecule has 2 aliphatic heterocycles. The number of esters is 1. The number of carbonyl (C=O) groups excluding carboxylic acids is 2. The summed E-state index contributed by atoms with van der Waals surface area (Å²) in [5, 5.41) is 11.4. The van der Waals surface area contributed by atoms with Crippen LogP contribution in [0.25, 0.3) is 0 Å². The van der Waals surface area contributed by atoms with Gasteiger partial charge in [-0.25, -0.2) is 0 Å². The molecule has 5 atom stereocenters. The molecule has 2 aliphatic carbocycles. The quantitative estimate of drug-likeness (QED) is 0.0670. The topological polar surface area (TPSA) is 79.3 Å². The summed E-state index contributed by atoms with van der Waals surface area (Å²) in [5.41, 5.74) is 3.75. The fourth-order valence-corrected chi connectivity index (χ4v) is 9.55. The summed E-state index contributed by atoms with van der Waals surface area (Å²) >= 11 is 0. The van der Waals surface area contributed by atoms with Crippen molar-refractivity contribution in [3.63, 3.8) is 0 Å². The number of ether oxygens (including phenoxy) is 2. The van der Waals surface area contributed by atoms with E-state index in [2.05, 4.69) is 46.7 Å². The van der Waals surface area contributed by atoms with Crippen LogP contribution in [-0.4, -0.2) is 71.0 Å². The van der Waals surface area contributed by atoms with Crippen molar-refractivity contribution in [1.29, 1.82) is 0 Å². The first-order valence-corrected chi connectivity index (χ1v) is 17.9. The second-order valence-corrected chi connectivity index (χ2v) is 14.2. The fourth-order valence-electron chi connectivity index (χ4n) is 9.55. The van der Waals surface area contributed by atoms with Gasteiger partial charge in [0.15, 0.2) is 17.3 Å². The third-order valence-corrected chi connectivity index (χ3v) is 11.5. The van der Waals surface area contributed by atoms with E-state index in [1.807, 2.05) is 36.4 Å². The first-order chi connectivity index (χ1) is 23.4. The summed E-state index contributed by atoms with van der Waals surface area (Å²) in [5.74, 6) is 1.11. The van der Waals surface area contributed by atoms with Crippen molar-refractivity contribution >= 4 is 11.8 Å². The molecular weight excluding hydrogens is 600 g/mol. The SMILES string of the molecule is C=CCN1CC[C@]23c4c5c(O)cc(OC(C)=O)c4O[C@H]2[C@H](N(CCCCCCc2ccccc2)CC(=O)c2ccccc2)CC[C@H]3[C@H]1C5. The lowest BCUT2D eigenvalue weighted by Gasteiger charge is -2.60. The Hall–Kier alpha value is -3.94. The predicted molar refractivity (Wildman–Crippen MR) is 187 cm³/mol. The molecule has 0 radical (unpaired) electrons. The number of piperidine rings is 1. The molecule has 4 aliphatic rings. The minimum atomic E-state index is -0.438. The highest BCUT2D eigenvalue weighted by Crippen LogP contribution is 2.65. The van der Waals surface area contributed by atoms with Gasteiger partial charge >= 0.3 is 5.97 Å². The van der Waals surface area contributed by atoms with Crippen LogP contribution in [0.15, 0.2) is 79.4 Å². The number of Topliss-reactive ketones (excluding diaryl/α,β-unsaturated/α-hetero) is 1. The molecule has 0 amide bonds. The highest BCUT2D eigenvalue weighted by Gasteiger charge is 2.66. The Morgan fingerprint density at radius 2 is 1.81 bits per heavy atom. The second kappa shape index (κ2) is 13.9. The number of aryl methyl sites for hydroxylation is 1. The fraction of sp³-hybridized carbons (Fsp3) is 0.463. The maximum Gasteiger partial charge on any atom is 0.308 e. The third-order valence-electron chi connectivity index (χ3n) is 11.5. The zero-order valence-electron chi connectivity index (χ0n) is 28.1. The number of likely N-dealkylation sites (tertiary alicyclic amines) is 1. The Morgan fingerprint density at radius 3 is 2.56 bits per heavy atom. The molecule has 48 heavy (non-hydrogen) atoms. The van der Waals surface area contributed by atoms with Gasteiger partial charge in [0.1, 0.15) is 11.9 Å². The number of ketones is 1. The maximum absolute atomic E-state index is 13.8. The van der Waals surface area contributed by atoms with E-state index in [-0.39, 0.29) is 35.1 Å². The van der Waals surface area contributed by atoms with Crippen LogP contribution >= 0.6 is 0 Å². The summed E-state index contributed by atoms with van der Waals surface area (Å²) in [4.78, 5) is 30.9. The number of rotatable bonds is 14. The number of hydrogen-bond donors (Lipinski definition) is 1. The Labute approximate surface area is 284 Å². The molecule has 7 rings (SSSR count). The summed E-state index contributed by atoms with van der Waals surface area (Å²) in [7, 11) is 0. The van der Waals surface area contributed by atoms with Crippen LogP contribution in [0, 0.1) is 5.92 Å². The molecule has 1 saturated heterocycles. The van der Waals surface area contributed by atoms with Gasteiger partial charge in [-0.1, -0.05) is 79.6 Å². The summed E-state index contributed by atoms with van der Waals surface area (Å²) < 4.78 is 12.7. The smallest absolute Gasteiger partial charge is 0.308 e. The molecule has 2 bridgehead atoms. The standard InChI is InChI=1S/C41H48N2O5/c1-3-22-42-24-21-41-32-19-20-33(40(41)48-39-37(47-28(2)44)26-35(45)31(38(39)41)25-34(32)42)43(27-36(46)30-17-11-7-12-18-30)23-13-5-4-8-14-29-15-9-6-10-16-29/h3,6-7,9-12,15-18,26,32-34,40,45H,1,4-5,8,13-14,19-25,27H2,2H3/t32-,33+,34+,40-,41-/m0/s1. The van der Waals surface area contributed by atoms with Gasteiger partial charge in [0.25, 0.3) is 0 Å². The van der Waals surface area contributed by atoms with E-state index in [4.69, 9.17) is 9.47 Å². The number of phenolic OH excluding ortho intramolecular Hbond substituents is 1. The van der Waals surface area contributed by atoms with Crippen LogP contribution in [0.3, 0.4) is 0 Å². The molecule has 1 N–H and O–H groups in total. The van der Waals surface area contributed by atoms with Gasteiger partial charge < -0.3 is 14.6 Å². The number of nitrogens with zero attached hydrogens (tertiary/aromatic N) is 2. The zero-order valence-corrected chi connectivity index (χ0v) is 28.1. The van der Waals surface area contributed by atoms with Crippen molar-refractivity contribution in [2.24, 2.45) is 5.92 Å². The molecule has 7 nitrogen and oxygen atoms in total. The van der Waals surface area contributed by atoms with E-state index in [1.165, 1.54) is 12.5 Å². The molecule has 0 aromatic heterocycles. The summed E-state index contributed by atoms with van der Waals surface area (Å²) in [6, 6.07) is 22.1. The zero-order chi connectivity index (χ0) is 33.3. The average Bonchev–Trinajstić information content (AvgIpc) is 3.43. The van der Waals surface area contributed by atoms with E-state index in [9.17, 15) is 14.7 Å². The molecule has 3 aromatic rings. The van der Waals surface area contributed by atoms with Gasteiger partial charge in [-0.15, -0.1) is 6.58 Å². The second-order valence-electron chi connectivity index (χ2n) is 14.2. The molecule has 3 aromatic carbocycles. The van der Waals surface area contributed by atoms with Crippen molar-refractivity contribution in [2.45, 2.75) is 88.3 Å². The molecular formula is C41H48N2O5. The Kier molecular flexibility index (Phi) is 9.43. The lowest BCUT2D eigenvalue weighted by molar-refractivity contribution is -0.132. The lowest BCUT2D eigenvalue weighted by atomic mass is 9.50. The van der Waals surface area contributed by atoms with Crippen molar-refractivity contribution < 1.29 is 24.2 Å². The van der Waals surface area contributed by atoms with E-state index >= 15 is 0 Å². The summed E-state index contributed by atoms with van der Waals surface area (Å²) in [6.45, 7) is 8.28. The van der Waals surface area contributed by atoms with E-state index < -0.39 is 5.97 Å². The monoisotopic (exact) mass is 648 g/mol. The molecule has 1 saturated carbocycles. The minimum Gasteiger partial charge on any atom is -0.508 e. The number of unbranched alkanes of at least 4 members (excludes halogenated alkanes) is 3. The molecule has 0 unspecified atom stereocenters. The van der Waals surface area contributed by atoms with Crippen molar-refractivity contribution in [3.8, 4) is 17.2 Å². The largest absolute Gasteiger partial charge is 0.508 e. The van der Waals surface area contributed by atoms with Crippen LogP contribution in [0.5, 0.6) is 17.2 Å². The van der Waals surface area contributed by atoms with E-state index in [0.29, 0.717) is 24.0 Å². The number of benzene rings is 3. The molecule has 2 fully saturated rings. The Morgan fingerprint density at radius 1 is 1.06 bits per heavy atom. The van der Waals surface area contributed by atoms with Crippen LogP contribution in [-0.2, 0) is 23.1 Å². The van der Waals surface area contributed by atoms with Crippen LogP contribution < -0.4 is 9.47 Å². The predicted octanol–water partition coefficient (Wildman–Crippen LogP) is 6.90. The maximum atomic E-state index is 13.8. The minimum absolute atomic E-state index is 0.00973. The highest BCUT2D eigenvalue weighted by molar-refractivity contribution is 5.97. The highest BCUT2D eigenvalue weighted by atomic mass is 16.6. The van der Waals surface area contributed by atoms with Crippen molar-refractivity contribution in [3.05, 3.63) is 102 Å². The van der Waals surface area contributed by atoms with Crippen molar-refractivity contribution in [2.75, 3.05) is 26.2 Å². The normalized spacial score (nSPS) is 25.3. The first-order valence-electron chi connectivity index (χ1n) is 17.9. The van der Waals surface area contributed by atoms with Gasteiger partial charge in [-0.05, 0) is 69.5 Å². The van der Waals surface area contributed by atoms with Crippen LogP contribution in [0.4, 0.5) is 0 Å². The van der Waals surface area contributed by atoms with Gasteiger partial charge in [0, 0.05) is 53.7 Å². The van der Waals surface area contributed by atoms with Gasteiger partial charge in [-0.3, -0.25) is 19.4 Å². The van der Waals surface area contributed by atoms with Gasteiger partial charge in [-0.2, -0.15) is 0 Å². The summed E-state index contributed by atoms with van der Waals surface area (Å²) in [6.07, 6.45) is 10.8. The van der Waals surface area contributed by atoms with E-state index in [1.54, 1.807) is 6.07 Å². The van der Waals surface area contributed by atoms with E-state index in [0.717, 1.165) is 94.1 Å². The average molecular weight is 649 g/mol. The van der Waals surface area contributed by atoms with Crippen LogP contribution in [0.2, 0.25) is 0 Å². The first kappa shape index (κ1) is 32.6. The lowest BCUT2D eigenvalue weighted by Crippen LogP contribution is -2.69. The van der Waals surface area contributed by atoms with Crippen LogP contribution in [0.1, 0.15) is 78.9 Å². The number of carbonyl (C=O) groups is 2. The third kappa shape index (κ3) is 5.96. The molecule has 252 valence electrons. The number of aromatic hydroxyl groups is 1. The van der Waals surface area contributed by atoms with Gasteiger partial charge in [0.2, 0.25) is 0 Å². The molecule has 7 heteroatoms. The Bertz CT molecular complexity index is 1640. The molecule has 1 spiro atoms. The van der Waals surface area contributed by atoms with Crippen molar-refractivity contribution in [1.82, 2.24) is 9.80 Å². The molecule has 2 heterocycles.